The number of aliphatic hydroxyl groups is 1. The summed E-state index contributed by atoms with van der Waals surface area (Å²) in [5, 5.41) is 9.08. The van der Waals surface area contributed by atoms with E-state index in [9.17, 15) is 4.79 Å². The Morgan fingerprint density at radius 2 is 1.52 bits per heavy atom. The van der Waals surface area contributed by atoms with Gasteiger partial charge in [0, 0.05) is 13.1 Å². The van der Waals surface area contributed by atoms with Gasteiger partial charge in [-0.05, 0) is 59.6 Å². The Hall–Kier alpha value is -3.15. The number of carbonyl (C=O) groups is 1. The third-order valence-electron chi connectivity index (χ3n) is 6.35. The van der Waals surface area contributed by atoms with Gasteiger partial charge in [0.2, 0.25) is 5.91 Å². The summed E-state index contributed by atoms with van der Waals surface area (Å²) in [7, 11) is 0. The monoisotopic (exact) mass is 444 g/mol. The molecule has 0 spiro atoms. The van der Waals surface area contributed by atoms with E-state index < -0.39 is 6.04 Å². The molecule has 1 aliphatic heterocycles. The summed E-state index contributed by atoms with van der Waals surface area (Å²) < 4.78 is 5.98. The Balaban J connectivity index is 1.23. The number of ether oxygens (including phenoxy) is 1. The third kappa shape index (κ3) is 6.21. The zero-order valence-electron chi connectivity index (χ0n) is 18.9. The highest BCUT2D eigenvalue weighted by Crippen LogP contribution is 2.24. The molecule has 5 nitrogen and oxygen atoms in total. The van der Waals surface area contributed by atoms with Gasteiger partial charge in [0.25, 0.3) is 0 Å². The van der Waals surface area contributed by atoms with E-state index in [-0.39, 0.29) is 12.5 Å². The van der Waals surface area contributed by atoms with Crippen LogP contribution in [0.3, 0.4) is 0 Å². The van der Waals surface area contributed by atoms with Crippen LogP contribution >= 0.6 is 0 Å². The first-order valence-electron chi connectivity index (χ1n) is 11.6. The number of rotatable bonds is 8. The Kier molecular flexibility index (Phi) is 7.76. The first kappa shape index (κ1) is 23.0. The molecule has 172 valence electrons. The number of hydrogen-bond donors (Lipinski definition) is 2. The number of hydrogen-bond acceptors (Lipinski definition) is 4. The van der Waals surface area contributed by atoms with Crippen molar-refractivity contribution >= 4 is 5.91 Å². The van der Waals surface area contributed by atoms with Crippen molar-refractivity contribution in [3.63, 3.8) is 0 Å². The minimum atomic E-state index is -0.795. The fourth-order valence-electron chi connectivity index (χ4n) is 4.32. The van der Waals surface area contributed by atoms with Gasteiger partial charge in [-0.25, -0.2) is 0 Å². The molecule has 1 atom stereocenters. The van der Waals surface area contributed by atoms with Crippen LogP contribution in [-0.2, 0) is 17.8 Å². The van der Waals surface area contributed by atoms with E-state index in [2.05, 4.69) is 60.7 Å². The number of nitrogens with two attached hydrogens (primary N) is 1. The lowest BCUT2D eigenvalue weighted by Crippen LogP contribution is -2.48. The van der Waals surface area contributed by atoms with Crippen LogP contribution in [0.5, 0.6) is 5.75 Å². The van der Waals surface area contributed by atoms with Crippen LogP contribution < -0.4 is 10.5 Å². The number of aliphatic hydroxyl groups excluding tert-OH is 1. The summed E-state index contributed by atoms with van der Waals surface area (Å²) >= 11 is 0. The topological polar surface area (TPSA) is 75.8 Å². The molecule has 0 saturated carbocycles. The van der Waals surface area contributed by atoms with Crippen molar-refractivity contribution in [1.82, 2.24) is 4.90 Å². The molecule has 1 fully saturated rings. The molecule has 3 aromatic carbocycles. The second-order valence-electron chi connectivity index (χ2n) is 8.76. The van der Waals surface area contributed by atoms with E-state index in [0.717, 1.165) is 30.6 Å². The third-order valence-corrected chi connectivity index (χ3v) is 6.35. The highest BCUT2D eigenvalue weighted by Gasteiger charge is 2.26. The minimum Gasteiger partial charge on any atom is -0.489 e. The zero-order chi connectivity index (χ0) is 23.0. The predicted octanol–water partition coefficient (Wildman–Crippen LogP) is 4.03. The van der Waals surface area contributed by atoms with Gasteiger partial charge >= 0.3 is 0 Å². The molecular formula is C28H32N2O3. The zero-order valence-corrected chi connectivity index (χ0v) is 18.9. The lowest BCUT2D eigenvalue weighted by molar-refractivity contribution is -0.134. The second-order valence-corrected chi connectivity index (χ2v) is 8.76. The maximum absolute atomic E-state index is 12.1. The van der Waals surface area contributed by atoms with Crippen LogP contribution in [-0.4, -0.2) is 41.7 Å². The molecule has 0 radical (unpaired) electrons. The number of nitrogens with zero attached hydrogens (tertiary/aromatic N) is 1. The van der Waals surface area contributed by atoms with Gasteiger partial charge in [0.05, 0.1) is 6.61 Å². The van der Waals surface area contributed by atoms with E-state index >= 15 is 0 Å². The molecule has 33 heavy (non-hydrogen) atoms. The van der Waals surface area contributed by atoms with Gasteiger partial charge in [0.15, 0.2) is 0 Å². The SMILES string of the molecule is N[C@H](CO)C(=O)N1CCC(Cc2ccc(OCc3ccc(-c4ccccc4)cc3)cc2)CC1. The van der Waals surface area contributed by atoms with Gasteiger partial charge < -0.3 is 20.5 Å². The van der Waals surface area contributed by atoms with Crippen LogP contribution in [0, 0.1) is 5.92 Å². The Labute approximate surface area is 195 Å². The standard InChI is InChI=1S/C28H32N2O3/c29-27(19-31)28(32)30-16-14-22(15-17-30)18-21-8-12-26(13-9-21)33-20-23-6-10-25(11-7-23)24-4-2-1-3-5-24/h1-13,22,27,31H,14-20,29H2/t27-/m1/s1. The van der Waals surface area contributed by atoms with E-state index in [1.807, 2.05) is 18.2 Å². The molecular weight excluding hydrogens is 412 g/mol. The van der Waals surface area contributed by atoms with E-state index in [4.69, 9.17) is 15.6 Å². The van der Waals surface area contributed by atoms with Gasteiger partial charge in [-0.15, -0.1) is 0 Å². The molecule has 0 unspecified atom stereocenters. The number of likely N-dealkylation sites (tertiary alicyclic amines) is 1. The number of piperidine rings is 1. The summed E-state index contributed by atoms with van der Waals surface area (Å²) in [4.78, 5) is 13.9. The molecule has 0 aliphatic carbocycles. The molecule has 0 aromatic heterocycles. The Bertz CT molecular complexity index is 1010. The van der Waals surface area contributed by atoms with Crippen LogP contribution in [0.2, 0.25) is 0 Å². The van der Waals surface area contributed by atoms with Crippen molar-refractivity contribution in [2.75, 3.05) is 19.7 Å². The summed E-state index contributed by atoms with van der Waals surface area (Å²) in [5.74, 6) is 1.27. The maximum Gasteiger partial charge on any atom is 0.241 e. The van der Waals surface area contributed by atoms with Crippen molar-refractivity contribution in [3.05, 3.63) is 90.0 Å². The number of benzene rings is 3. The van der Waals surface area contributed by atoms with Crippen molar-refractivity contribution in [2.45, 2.75) is 31.9 Å². The summed E-state index contributed by atoms with van der Waals surface area (Å²) in [6.07, 6.45) is 2.91. The fraction of sp³-hybridized carbons (Fsp3) is 0.321. The highest BCUT2D eigenvalue weighted by molar-refractivity contribution is 5.81. The maximum atomic E-state index is 12.1. The second kappa shape index (κ2) is 11.1. The van der Waals surface area contributed by atoms with Gasteiger partial charge in [-0.1, -0.05) is 66.7 Å². The first-order valence-corrected chi connectivity index (χ1v) is 11.6. The summed E-state index contributed by atoms with van der Waals surface area (Å²) in [5.41, 5.74) is 10.5. The van der Waals surface area contributed by atoms with Gasteiger partial charge in [-0.3, -0.25) is 4.79 Å². The van der Waals surface area contributed by atoms with E-state index in [1.54, 1.807) is 4.90 Å². The van der Waals surface area contributed by atoms with E-state index in [0.29, 0.717) is 25.6 Å². The van der Waals surface area contributed by atoms with Crippen molar-refractivity contribution in [3.8, 4) is 16.9 Å². The summed E-state index contributed by atoms with van der Waals surface area (Å²) in [6, 6.07) is 26.4. The van der Waals surface area contributed by atoms with Gasteiger partial charge in [-0.2, -0.15) is 0 Å². The summed E-state index contributed by atoms with van der Waals surface area (Å²) in [6.45, 7) is 1.66. The molecule has 1 aliphatic rings. The Morgan fingerprint density at radius 1 is 0.909 bits per heavy atom. The molecule has 1 saturated heterocycles. The van der Waals surface area contributed by atoms with Crippen molar-refractivity contribution in [1.29, 1.82) is 0 Å². The smallest absolute Gasteiger partial charge is 0.241 e. The average molecular weight is 445 g/mol. The van der Waals surface area contributed by atoms with Crippen molar-refractivity contribution in [2.24, 2.45) is 11.7 Å². The first-order chi connectivity index (χ1) is 16.1. The van der Waals surface area contributed by atoms with Crippen LogP contribution in [0.25, 0.3) is 11.1 Å². The van der Waals surface area contributed by atoms with Crippen LogP contribution in [0.4, 0.5) is 0 Å². The largest absolute Gasteiger partial charge is 0.489 e. The van der Waals surface area contributed by atoms with Crippen molar-refractivity contribution < 1.29 is 14.6 Å². The lowest BCUT2D eigenvalue weighted by Gasteiger charge is -2.33. The van der Waals surface area contributed by atoms with Gasteiger partial charge in [0.1, 0.15) is 18.4 Å². The molecule has 1 heterocycles. The molecule has 3 N–H and O–H groups in total. The van der Waals surface area contributed by atoms with Crippen LogP contribution in [0.1, 0.15) is 24.0 Å². The van der Waals surface area contributed by atoms with Crippen LogP contribution in [0.15, 0.2) is 78.9 Å². The molecule has 0 bridgehead atoms. The number of carbonyl (C=O) groups excluding carboxylic acids is 1. The fourth-order valence-corrected chi connectivity index (χ4v) is 4.32. The van der Waals surface area contributed by atoms with E-state index in [1.165, 1.54) is 16.7 Å². The highest BCUT2D eigenvalue weighted by atomic mass is 16.5. The normalized spacial score (nSPS) is 15.3. The lowest BCUT2D eigenvalue weighted by atomic mass is 9.90. The average Bonchev–Trinajstić information content (AvgIpc) is 2.88. The molecule has 1 amide bonds. The number of amides is 1. The molecule has 5 heteroatoms. The molecule has 4 rings (SSSR count). The predicted molar refractivity (Wildman–Crippen MR) is 131 cm³/mol. The molecule has 3 aromatic rings. The quantitative estimate of drug-likeness (QED) is 0.550. The Morgan fingerprint density at radius 3 is 2.15 bits per heavy atom. The minimum absolute atomic E-state index is 0.146.